The second-order valence-corrected chi connectivity index (χ2v) is 2.33. The third-order valence-electron chi connectivity index (χ3n) is 1.26. The lowest BCUT2D eigenvalue weighted by Crippen LogP contribution is -2.27. The standard InChI is InChI=1S/C8H14N2O2/c1-3-5-10(7-9)6-8(11)12-4-2/h3-6H2,1-2H3. The molecule has 0 N–H and O–H groups in total. The lowest BCUT2D eigenvalue weighted by molar-refractivity contribution is -0.143. The number of carbonyl (C=O) groups is 1. The van der Waals surface area contributed by atoms with E-state index < -0.39 is 0 Å². The van der Waals surface area contributed by atoms with Crippen molar-refractivity contribution in [2.75, 3.05) is 19.7 Å². The molecule has 0 saturated carbocycles. The number of ether oxygens (including phenoxy) is 1. The van der Waals surface area contributed by atoms with Crippen LogP contribution in [0.25, 0.3) is 0 Å². The highest BCUT2D eigenvalue weighted by molar-refractivity contribution is 5.71. The number of nitrogens with zero attached hydrogens (tertiary/aromatic N) is 2. The van der Waals surface area contributed by atoms with Crippen molar-refractivity contribution in [1.29, 1.82) is 5.26 Å². The molecule has 4 heteroatoms. The van der Waals surface area contributed by atoms with Gasteiger partial charge in [-0.2, -0.15) is 5.26 Å². The van der Waals surface area contributed by atoms with Gasteiger partial charge in [0, 0.05) is 6.54 Å². The van der Waals surface area contributed by atoms with Crippen LogP contribution >= 0.6 is 0 Å². The van der Waals surface area contributed by atoms with Crippen molar-refractivity contribution in [2.24, 2.45) is 0 Å². The molecule has 0 aliphatic heterocycles. The minimum absolute atomic E-state index is 0.0676. The molecule has 0 heterocycles. The summed E-state index contributed by atoms with van der Waals surface area (Å²) >= 11 is 0. The summed E-state index contributed by atoms with van der Waals surface area (Å²) in [5.74, 6) is -0.340. The molecule has 0 aromatic heterocycles. The zero-order valence-corrected chi connectivity index (χ0v) is 7.54. The average Bonchev–Trinajstić information content (AvgIpc) is 2.04. The zero-order chi connectivity index (χ0) is 9.40. The van der Waals surface area contributed by atoms with E-state index >= 15 is 0 Å². The van der Waals surface area contributed by atoms with Crippen molar-refractivity contribution in [3.8, 4) is 6.19 Å². The Kier molecular flexibility index (Phi) is 5.80. The first-order chi connectivity index (χ1) is 5.74. The van der Waals surface area contributed by atoms with E-state index in [2.05, 4.69) is 4.74 Å². The summed E-state index contributed by atoms with van der Waals surface area (Å²) in [5, 5.41) is 8.54. The van der Waals surface area contributed by atoms with Gasteiger partial charge in [0.05, 0.1) is 6.61 Å². The van der Waals surface area contributed by atoms with Crippen LogP contribution in [0.1, 0.15) is 20.3 Å². The maximum absolute atomic E-state index is 10.9. The molecule has 68 valence electrons. The fourth-order valence-electron chi connectivity index (χ4n) is 0.797. The summed E-state index contributed by atoms with van der Waals surface area (Å²) in [6.07, 6.45) is 2.78. The summed E-state index contributed by atoms with van der Waals surface area (Å²) in [4.78, 5) is 12.3. The van der Waals surface area contributed by atoms with E-state index in [1.54, 1.807) is 6.92 Å². The number of esters is 1. The molecular weight excluding hydrogens is 156 g/mol. The van der Waals surface area contributed by atoms with E-state index in [0.29, 0.717) is 13.2 Å². The predicted octanol–water partition coefficient (Wildman–Crippen LogP) is 0.743. The number of hydrogen-bond donors (Lipinski definition) is 0. The molecule has 12 heavy (non-hydrogen) atoms. The van der Waals surface area contributed by atoms with Gasteiger partial charge in [0.15, 0.2) is 6.19 Å². The van der Waals surface area contributed by atoms with E-state index in [4.69, 9.17) is 5.26 Å². The number of rotatable bonds is 5. The maximum Gasteiger partial charge on any atom is 0.326 e. The molecule has 0 aromatic rings. The summed E-state index contributed by atoms with van der Waals surface area (Å²) in [5.41, 5.74) is 0. The average molecular weight is 170 g/mol. The van der Waals surface area contributed by atoms with Gasteiger partial charge in [-0.1, -0.05) is 6.92 Å². The van der Waals surface area contributed by atoms with Crippen molar-refractivity contribution in [2.45, 2.75) is 20.3 Å². The lowest BCUT2D eigenvalue weighted by atomic mass is 10.4. The Morgan fingerprint density at radius 2 is 2.25 bits per heavy atom. The largest absolute Gasteiger partial charge is 0.465 e. The first-order valence-electron chi connectivity index (χ1n) is 4.04. The van der Waals surface area contributed by atoms with Gasteiger partial charge < -0.3 is 4.74 Å². The van der Waals surface area contributed by atoms with Crippen LogP contribution in [-0.2, 0) is 9.53 Å². The van der Waals surface area contributed by atoms with Gasteiger partial charge in [-0.15, -0.1) is 0 Å². The molecule has 0 amide bonds. The lowest BCUT2D eigenvalue weighted by Gasteiger charge is -2.12. The van der Waals surface area contributed by atoms with E-state index in [1.165, 1.54) is 4.90 Å². The minimum atomic E-state index is -0.340. The van der Waals surface area contributed by atoms with Crippen molar-refractivity contribution in [3.63, 3.8) is 0 Å². The molecule has 0 aromatic carbocycles. The molecule has 0 radical (unpaired) electrons. The molecule has 0 unspecified atom stereocenters. The monoisotopic (exact) mass is 170 g/mol. The molecule has 0 aliphatic rings. The van der Waals surface area contributed by atoms with Gasteiger partial charge >= 0.3 is 5.97 Å². The first kappa shape index (κ1) is 10.8. The summed E-state index contributed by atoms with van der Waals surface area (Å²) in [6.45, 7) is 4.74. The van der Waals surface area contributed by atoms with Crippen LogP contribution in [0.3, 0.4) is 0 Å². The van der Waals surface area contributed by atoms with E-state index in [-0.39, 0.29) is 12.5 Å². The molecule has 0 saturated heterocycles. The number of nitriles is 1. The van der Waals surface area contributed by atoms with Crippen molar-refractivity contribution < 1.29 is 9.53 Å². The highest BCUT2D eigenvalue weighted by atomic mass is 16.5. The Balaban J connectivity index is 3.71. The predicted molar refractivity (Wildman–Crippen MR) is 44.1 cm³/mol. The number of hydrogen-bond acceptors (Lipinski definition) is 4. The Morgan fingerprint density at radius 3 is 2.67 bits per heavy atom. The SMILES string of the molecule is CCCN(C#N)CC(=O)OCC. The normalized spacial score (nSPS) is 8.75. The van der Waals surface area contributed by atoms with E-state index in [9.17, 15) is 4.79 Å². The maximum atomic E-state index is 10.9. The van der Waals surface area contributed by atoms with Crippen LogP contribution in [0.2, 0.25) is 0 Å². The molecule has 0 fully saturated rings. The van der Waals surface area contributed by atoms with Gasteiger partial charge in [-0.05, 0) is 13.3 Å². The van der Waals surface area contributed by atoms with Crippen LogP contribution in [0.5, 0.6) is 0 Å². The van der Waals surface area contributed by atoms with Crippen LogP contribution in [0, 0.1) is 11.5 Å². The molecule has 0 rings (SSSR count). The zero-order valence-electron chi connectivity index (χ0n) is 7.54. The Bertz CT molecular complexity index is 174. The summed E-state index contributed by atoms with van der Waals surface area (Å²) in [6, 6.07) is 0. The molecular formula is C8H14N2O2. The fourth-order valence-corrected chi connectivity index (χ4v) is 0.797. The first-order valence-corrected chi connectivity index (χ1v) is 4.04. The highest BCUT2D eigenvalue weighted by Gasteiger charge is 2.07. The molecule has 0 bridgehead atoms. The van der Waals surface area contributed by atoms with Gasteiger partial charge in [-0.3, -0.25) is 9.69 Å². The smallest absolute Gasteiger partial charge is 0.326 e. The van der Waals surface area contributed by atoms with Gasteiger partial charge in [0.2, 0.25) is 0 Å². The molecule has 0 aliphatic carbocycles. The minimum Gasteiger partial charge on any atom is -0.465 e. The second-order valence-electron chi connectivity index (χ2n) is 2.33. The van der Waals surface area contributed by atoms with Crippen LogP contribution in [0.15, 0.2) is 0 Å². The quantitative estimate of drug-likeness (QED) is 0.347. The van der Waals surface area contributed by atoms with Gasteiger partial charge in [-0.25, -0.2) is 0 Å². The van der Waals surface area contributed by atoms with Crippen molar-refractivity contribution >= 4 is 5.97 Å². The van der Waals surface area contributed by atoms with Crippen LogP contribution < -0.4 is 0 Å². The van der Waals surface area contributed by atoms with Crippen molar-refractivity contribution in [3.05, 3.63) is 0 Å². The molecule has 0 atom stereocenters. The Morgan fingerprint density at radius 1 is 1.58 bits per heavy atom. The third-order valence-corrected chi connectivity index (χ3v) is 1.26. The fraction of sp³-hybridized carbons (Fsp3) is 0.750. The van der Waals surface area contributed by atoms with Gasteiger partial charge in [0.1, 0.15) is 6.54 Å². The number of carbonyl (C=O) groups excluding carboxylic acids is 1. The van der Waals surface area contributed by atoms with Crippen LogP contribution in [0.4, 0.5) is 0 Å². The second kappa shape index (κ2) is 6.47. The Labute approximate surface area is 72.7 Å². The highest BCUT2D eigenvalue weighted by Crippen LogP contribution is 1.90. The van der Waals surface area contributed by atoms with Crippen LogP contribution in [-0.4, -0.2) is 30.6 Å². The molecule has 0 spiro atoms. The van der Waals surface area contributed by atoms with Crippen molar-refractivity contribution in [1.82, 2.24) is 4.90 Å². The summed E-state index contributed by atoms with van der Waals surface area (Å²) in [7, 11) is 0. The third kappa shape index (κ3) is 4.56. The Hall–Kier alpha value is -1.24. The molecule has 4 nitrogen and oxygen atoms in total. The topological polar surface area (TPSA) is 53.3 Å². The van der Waals surface area contributed by atoms with E-state index in [1.807, 2.05) is 13.1 Å². The van der Waals surface area contributed by atoms with Gasteiger partial charge in [0.25, 0.3) is 0 Å². The summed E-state index contributed by atoms with van der Waals surface area (Å²) < 4.78 is 4.69. The van der Waals surface area contributed by atoms with E-state index in [0.717, 1.165) is 6.42 Å².